The van der Waals surface area contributed by atoms with Gasteiger partial charge in [0.15, 0.2) is 0 Å². The van der Waals surface area contributed by atoms with Gasteiger partial charge in [-0.3, -0.25) is 4.79 Å². The molecule has 1 amide bonds. The van der Waals surface area contributed by atoms with Crippen molar-refractivity contribution in [1.82, 2.24) is 19.2 Å². The highest BCUT2D eigenvalue weighted by molar-refractivity contribution is 5.90. The molecule has 2 aromatic heterocycles. The number of fused-ring (bicyclic) bond motifs is 1. The third-order valence-electron chi connectivity index (χ3n) is 5.11. The van der Waals surface area contributed by atoms with E-state index < -0.39 is 0 Å². The van der Waals surface area contributed by atoms with Gasteiger partial charge in [0, 0.05) is 25.0 Å². The van der Waals surface area contributed by atoms with Gasteiger partial charge in [-0.25, -0.2) is 13.9 Å². The van der Waals surface area contributed by atoms with E-state index >= 15 is 0 Å². The third-order valence-corrected chi connectivity index (χ3v) is 5.11. The standard InChI is InChI=1S/C21H26N6O3/c1-2-30-17-9-7-16(8-10-17)22-19(28)15-27-21(29)26-14-11-18(23-20(26)24-27)25-12-5-3-4-6-13-25/h7-11,14H,2-6,12-13,15H2,1H3,(H,22,28). The van der Waals surface area contributed by atoms with Crippen LogP contribution in [-0.2, 0) is 11.3 Å². The predicted molar refractivity (Wildman–Crippen MR) is 114 cm³/mol. The van der Waals surface area contributed by atoms with Gasteiger partial charge in [0.1, 0.15) is 18.1 Å². The van der Waals surface area contributed by atoms with Crippen molar-refractivity contribution in [1.29, 1.82) is 0 Å². The molecular formula is C21H26N6O3. The van der Waals surface area contributed by atoms with Gasteiger partial charge in [0.05, 0.1) is 6.61 Å². The zero-order valence-corrected chi connectivity index (χ0v) is 17.1. The fourth-order valence-corrected chi connectivity index (χ4v) is 3.61. The number of carbonyl (C=O) groups is 1. The molecule has 0 atom stereocenters. The summed E-state index contributed by atoms with van der Waals surface area (Å²) in [5.74, 6) is 1.52. The number of nitrogens with one attached hydrogen (secondary N) is 1. The second kappa shape index (κ2) is 8.98. The van der Waals surface area contributed by atoms with E-state index in [0.717, 1.165) is 42.2 Å². The van der Waals surface area contributed by atoms with E-state index in [-0.39, 0.29) is 18.1 Å². The van der Waals surface area contributed by atoms with Gasteiger partial charge >= 0.3 is 5.69 Å². The Kier molecular flexibility index (Phi) is 5.97. The summed E-state index contributed by atoms with van der Waals surface area (Å²) in [5, 5.41) is 7.03. The van der Waals surface area contributed by atoms with Gasteiger partial charge in [-0.1, -0.05) is 12.8 Å². The van der Waals surface area contributed by atoms with Gasteiger partial charge in [0.2, 0.25) is 5.91 Å². The van der Waals surface area contributed by atoms with Crippen molar-refractivity contribution in [3.8, 4) is 5.75 Å². The normalized spacial score (nSPS) is 14.5. The maximum Gasteiger partial charge on any atom is 0.352 e. The molecule has 3 heterocycles. The molecule has 1 N–H and O–H groups in total. The number of hydrogen-bond donors (Lipinski definition) is 1. The Bertz CT molecular complexity index is 1060. The average molecular weight is 410 g/mol. The first-order valence-electron chi connectivity index (χ1n) is 10.4. The summed E-state index contributed by atoms with van der Waals surface area (Å²) in [6.45, 7) is 4.22. The number of carbonyl (C=O) groups excluding carboxylic acids is 1. The number of nitrogens with zero attached hydrogens (tertiary/aromatic N) is 5. The van der Waals surface area contributed by atoms with Crippen LogP contribution in [-0.4, -0.2) is 44.8 Å². The summed E-state index contributed by atoms with van der Waals surface area (Å²) in [7, 11) is 0. The van der Waals surface area contributed by atoms with Crippen LogP contribution in [0.1, 0.15) is 32.6 Å². The summed E-state index contributed by atoms with van der Waals surface area (Å²) in [6, 6.07) is 8.91. The number of ether oxygens (including phenoxy) is 1. The Morgan fingerprint density at radius 1 is 1.10 bits per heavy atom. The molecule has 9 heteroatoms. The summed E-state index contributed by atoms with van der Waals surface area (Å²) < 4.78 is 7.89. The van der Waals surface area contributed by atoms with E-state index in [1.54, 1.807) is 30.5 Å². The second-order valence-electron chi connectivity index (χ2n) is 7.30. The Hall–Kier alpha value is -3.36. The van der Waals surface area contributed by atoms with Gasteiger partial charge in [0.25, 0.3) is 5.78 Å². The Morgan fingerprint density at radius 3 is 2.53 bits per heavy atom. The highest BCUT2D eigenvalue weighted by Crippen LogP contribution is 2.17. The highest BCUT2D eigenvalue weighted by atomic mass is 16.5. The lowest BCUT2D eigenvalue weighted by molar-refractivity contribution is -0.117. The van der Waals surface area contributed by atoms with Gasteiger partial charge in [-0.05, 0) is 50.1 Å². The number of anilines is 2. The van der Waals surface area contributed by atoms with Crippen molar-refractivity contribution in [3.05, 3.63) is 47.0 Å². The fraction of sp³-hybridized carbons (Fsp3) is 0.429. The molecule has 4 rings (SSSR count). The van der Waals surface area contributed by atoms with E-state index in [1.807, 2.05) is 13.0 Å². The summed E-state index contributed by atoms with van der Waals surface area (Å²) in [6.07, 6.45) is 6.42. The molecule has 1 aromatic carbocycles. The van der Waals surface area contributed by atoms with Crippen molar-refractivity contribution >= 4 is 23.2 Å². The fourth-order valence-electron chi connectivity index (χ4n) is 3.61. The molecule has 1 saturated heterocycles. The minimum atomic E-state index is -0.387. The first-order valence-corrected chi connectivity index (χ1v) is 10.4. The Morgan fingerprint density at radius 2 is 1.83 bits per heavy atom. The minimum absolute atomic E-state index is 0.186. The average Bonchev–Trinajstić information content (AvgIpc) is 2.91. The lowest BCUT2D eigenvalue weighted by Gasteiger charge is -2.20. The van der Waals surface area contributed by atoms with Crippen molar-refractivity contribution in [2.24, 2.45) is 0 Å². The lowest BCUT2D eigenvalue weighted by Crippen LogP contribution is -2.28. The molecule has 9 nitrogen and oxygen atoms in total. The molecule has 0 saturated carbocycles. The summed E-state index contributed by atoms with van der Waals surface area (Å²) >= 11 is 0. The summed E-state index contributed by atoms with van der Waals surface area (Å²) in [5.41, 5.74) is 0.239. The van der Waals surface area contributed by atoms with Crippen molar-refractivity contribution in [2.75, 3.05) is 29.9 Å². The predicted octanol–water partition coefficient (Wildman–Crippen LogP) is 2.31. The zero-order chi connectivity index (χ0) is 20.9. The molecule has 3 aromatic rings. The lowest BCUT2D eigenvalue weighted by atomic mass is 10.2. The molecule has 0 radical (unpaired) electrons. The number of hydrogen-bond acceptors (Lipinski definition) is 6. The second-order valence-corrected chi connectivity index (χ2v) is 7.30. The molecule has 158 valence electrons. The molecule has 1 fully saturated rings. The maximum absolute atomic E-state index is 12.6. The van der Waals surface area contributed by atoms with Gasteiger partial charge < -0.3 is 15.0 Å². The SMILES string of the molecule is CCOc1ccc(NC(=O)Cn2nc3nc(N4CCCCCC4)ccn3c2=O)cc1. The van der Waals surface area contributed by atoms with Crippen LogP contribution in [0.4, 0.5) is 11.5 Å². The van der Waals surface area contributed by atoms with Crippen LogP contribution in [0, 0.1) is 0 Å². The topological polar surface area (TPSA) is 93.8 Å². The number of aromatic nitrogens is 4. The summed E-state index contributed by atoms with van der Waals surface area (Å²) in [4.78, 5) is 31.8. The van der Waals surface area contributed by atoms with Crippen LogP contribution in [0.25, 0.3) is 5.78 Å². The van der Waals surface area contributed by atoms with E-state index in [1.165, 1.54) is 17.2 Å². The zero-order valence-electron chi connectivity index (χ0n) is 17.1. The number of amides is 1. The van der Waals surface area contributed by atoms with Crippen LogP contribution in [0.15, 0.2) is 41.3 Å². The molecule has 0 unspecified atom stereocenters. The van der Waals surface area contributed by atoms with E-state index in [4.69, 9.17) is 4.74 Å². The van der Waals surface area contributed by atoms with Gasteiger partial charge in [-0.15, -0.1) is 5.10 Å². The van der Waals surface area contributed by atoms with Crippen molar-refractivity contribution in [2.45, 2.75) is 39.2 Å². The smallest absolute Gasteiger partial charge is 0.352 e. The monoisotopic (exact) mass is 410 g/mol. The van der Waals surface area contributed by atoms with E-state index in [0.29, 0.717) is 18.1 Å². The Balaban J connectivity index is 1.47. The van der Waals surface area contributed by atoms with Crippen molar-refractivity contribution < 1.29 is 9.53 Å². The first-order chi connectivity index (χ1) is 14.6. The first kappa shape index (κ1) is 19.9. The largest absolute Gasteiger partial charge is 0.494 e. The Labute approximate surface area is 174 Å². The van der Waals surface area contributed by atoms with Crippen LogP contribution in [0.3, 0.4) is 0 Å². The van der Waals surface area contributed by atoms with Crippen LogP contribution in [0.5, 0.6) is 5.75 Å². The third kappa shape index (κ3) is 4.45. The molecule has 30 heavy (non-hydrogen) atoms. The molecular weight excluding hydrogens is 384 g/mol. The van der Waals surface area contributed by atoms with Crippen molar-refractivity contribution in [3.63, 3.8) is 0 Å². The van der Waals surface area contributed by atoms with Gasteiger partial charge in [-0.2, -0.15) is 4.98 Å². The van der Waals surface area contributed by atoms with E-state index in [9.17, 15) is 9.59 Å². The maximum atomic E-state index is 12.6. The van der Waals surface area contributed by atoms with Crippen LogP contribution >= 0.6 is 0 Å². The molecule has 0 spiro atoms. The molecule has 0 aliphatic carbocycles. The molecule has 1 aliphatic heterocycles. The van der Waals surface area contributed by atoms with Crippen LogP contribution < -0.4 is 20.6 Å². The molecule has 0 bridgehead atoms. The quantitative estimate of drug-likeness (QED) is 0.670. The molecule has 1 aliphatic rings. The highest BCUT2D eigenvalue weighted by Gasteiger charge is 2.15. The number of benzene rings is 1. The minimum Gasteiger partial charge on any atom is -0.494 e. The number of rotatable bonds is 6. The van der Waals surface area contributed by atoms with E-state index in [2.05, 4.69) is 20.3 Å². The van der Waals surface area contributed by atoms with Crippen LogP contribution in [0.2, 0.25) is 0 Å².